The van der Waals surface area contributed by atoms with Crippen molar-refractivity contribution in [2.45, 2.75) is 6.42 Å². The largest absolute Gasteiger partial charge is 0.325 e. The summed E-state index contributed by atoms with van der Waals surface area (Å²) in [7, 11) is 0. The quantitative estimate of drug-likeness (QED) is 0.842. The maximum atomic E-state index is 12.1. The molecule has 4 nitrogen and oxygen atoms in total. The topological polar surface area (TPSA) is 54.0 Å². The van der Waals surface area contributed by atoms with Gasteiger partial charge in [-0.1, -0.05) is 6.07 Å². The number of anilines is 1. The lowest BCUT2D eigenvalue weighted by atomic mass is 10.1. The van der Waals surface area contributed by atoms with Gasteiger partial charge in [0.1, 0.15) is 0 Å². The normalized spacial score (nSPS) is 19.0. The molecule has 2 N–H and O–H groups in total. The molecule has 0 spiro atoms. The SMILES string of the molecule is O=C(Nc1cccc2ncccc12)C1CCNC1. The molecular formula is C14H15N3O. The molecular weight excluding hydrogens is 226 g/mol. The van der Waals surface area contributed by atoms with E-state index < -0.39 is 0 Å². The van der Waals surface area contributed by atoms with Gasteiger partial charge in [0.2, 0.25) is 5.91 Å². The number of nitrogens with one attached hydrogen (secondary N) is 2. The van der Waals surface area contributed by atoms with Gasteiger partial charge < -0.3 is 10.6 Å². The minimum absolute atomic E-state index is 0.0805. The summed E-state index contributed by atoms with van der Waals surface area (Å²) in [4.78, 5) is 16.4. The number of aromatic nitrogens is 1. The Labute approximate surface area is 105 Å². The second kappa shape index (κ2) is 4.74. The van der Waals surface area contributed by atoms with Crippen molar-refractivity contribution in [2.24, 2.45) is 5.92 Å². The Morgan fingerprint density at radius 1 is 1.33 bits per heavy atom. The van der Waals surface area contributed by atoms with Crippen LogP contribution >= 0.6 is 0 Å². The number of carbonyl (C=O) groups excluding carboxylic acids is 1. The Hall–Kier alpha value is -1.94. The molecule has 1 unspecified atom stereocenters. The van der Waals surface area contributed by atoms with E-state index in [-0.39, 0.29) is 11.8 Å². The predicted octanol–water partition coefficient (Wildman–Crippen LogP) is 1.78. The fourth-order valence-electron chi connectivity index (χ4n) is 2.33. The first-order valence-electron chi connectivity index (χ1n) is 6.20. The number of hydrogen-bond acceptors (Lipinski definition) is 3. The molecule has 18 heavy (non-hydrogen) atoms. The molecule has 1 aromatic heterocycles. The van der Waals surface area contributed by atoms with Crippen LogP contribution in [-0.4, -0.2) is 24.0 Å². The number of carbonyl (C=O) groups is 1. The highest BCUT2D eigenvalue weighted by atomic mass is 16.1. The second-order valence-corrected chi connectivity index (χ2v) is 4.55. The lowest BCUT2D eigenvalue weighted by Gasteiger charge is -2.11. The number of pyridine rings is 1. The van der Waals surface area contributed by atoms with E-state index >= 15 is 0 Å². The van der Waals surface area contributed by atoms with Crippen molar-refractivity contribution in [1.29, 1.82) is 0 Å². The van der Waals surface area contributed by atoms with Crippen LogP contribution in [0.5, 0.6) is 0 Å². The molecule has 1 atom stereocenters. The molecule has 0 saturated carbocycles. The van der Waals surface area contributed by atoms with Gasteiger partial charge in [0.15, 0.2) is 0 Å². The van der Waals surface area contributed by atoms with Crippen LogP contribution in [0.4, 0.5) is 5.69 Å². The number of hydrogen-bond donors (Lipinski definition) is 2. The van der Waals surface area contributed by atoms with Crippen molar-refractivity contribution >= 4 is 22.5 Å². The van der Waals surface area contributed by atoms with Crippen molar-refractivity contribution in [2.75, 3.05) is 18.4 Å². The molecule has 3 rings (SSSR count). The molecule has 4 heteroatoms. The van der Waals surface area contributed by atoms with Gasteiger partial charge in [-0.3, -0.25) is 9.78 Å². The first kappa shape index (κ1) is 11.2. The van der Waals surface area contributed by atoms with Gasteiger partial charge in [-0.25, -0.2) is 0 Å². The Morgan fingerprint density at radius 2 is 2.28 bits per heavy atom. The third kappa shape index (κ3) is 2.07. The third-order valence-corrected chi connectivity index (χ3v) is 3.33. The zero-order valence-corrected chi connectivity index (χ0v) is 10.0. The average Bonchev–Trinajstić information content (AvgIpc) is 2.93. The molecule has 0 radical (unpaired) electrons. The van der Waals surface area contributed by atoms with E-state index in [0.29, 0.717) is 0 Å². The van der Waals surface area contributed by atoms with Crippen LogP contribution in [0, 0.1) is 5.92 Å². The first-order chi connectivity index (χ1) is 8.84. The zero-order chi connectivity index (χ0) is 12.4. The molecule has 1 aliphatic heterocycles. The average molecular weight is 241 g/mol. The van der Waals surface area contributed by atoms with E-state index in [4.69, 9.17) is 0 Å². The fourth-order valence-corrected chi connectivity index (χ4v) is 2.33. The van der Waals surface area contributed by atoms with E-state index in [1.807, 2.05) is 30.3 Å². The second-order valence-electron chi connectivity index (χ2n) is 4.55. The van der Waals surface area contributed by atoms with Crippen LogP contribution in [0.3, 0.4) is 0 Å². The molecule has 0 aliphatic carbocycles. The third-order valence-electron chi connectivity index (χ3n) is 3.33. The van der Waals surface area contributed by atoms with Crippen molar-refractivity contribution in [3.63, 3.8) is 0 Å². The van der Waals surface area contributed by atoms with Crippen molar-refractivity contribution in [3.8, 4) is 0 Å². The van der Waals surface area contributed by atoms with Crippen LogP contribution in [0.15, 0.2) is 36.5 Å². The minimum Gasteiger partial charge on any atom is -0.325 e. The van der Waals surface area contributed by atoms with E-state index in [0.717, 1.165) is 36.1 Å². The van der Waals surface area contributed by atoms with Gasteiger partial charge in [0.25, 0.3) is 0 Å². The van der Waals surface area contributed by atoms with Crippen LogP contribution in [0.2, 0.25) is 0 Å². The van der Waals surface area contributed by atoms with E-state index in [1.165, 1.54) is 0 Å². The van der Waals surface area contributed by atoms with Gasteiger partial charge in [-0.2, -0.15) is 0 Å². The number of rotatable bonds is 2. The fraction of sp³-hybridized carbons (Fsp3) is 0.286. The summed E-state index contributed by atoms with van der Waals surface area (Å²) < 4.78 is 0. The van der Waals surface area contributed by atoms with Gasteiger partial charge in [-0.15, -0.1) is 0 Å². The summed E-state index contributed by atoms with van der Waals surface area (Å²) in [6.07, 6.45) is 2.67. The Morgan fingerprint density at radius 3 is 3.11 bits per heavy atom. The lowest BCUT2D eigenvalue weighted by Crippen LogP contribution is -2.24. The zero-order valence-electron chi connectivity index (χ0n) is 10.0. The molecule has 1 saturated heterocycles. The molecule has 92 valence electrons. The minimum atomic E-state index is 0.0805. The molecule has 1 amide bonds. The highest BCUT2D eigenvalue weighted by Gasteiger charge is 2.22. The highest BCUT2D eigenvalue weighted by molar-refractivity contribution is 6.01. The maximum absolute atomic E-state index is 12.1. The molecule has 1 aromatic carbocycles. The molecule has 1 aliphatic rings. The van der Waals surface area contributed by atoms with Crippen LogP contribution in [-0.2, 0) is 4.79 Å². The van der Waals surface area contributed by atoms with E-state index in [2.05, 4.69) is 15.6 Å². The summed E-state index contributed by atoms with van der Waals surface area (Å²) in [5, 5.41) is 7.20. The van der Waals surface area contributed by atoms with Crippen LogP contribution in [0.25, 0.3) is 10.9 Å². The Balaban J connectivity index is 1.88. The number of amides is 1. The number of benzene rings is 1. The standard InChI is InChI=1S/C14H15N3O/c18-14(10-6-8-15-9-10)17-13-5-1-4-12-11(13)3-2-7-16-12/h1-5,7,10,15H,6,8-9H2,(H,17,18). The first-order valence-corrected chi connectivity index (χ1v) is 6.20. The van der Waals surface area contributed by atoms with Gasteiger partial charge >= 0.3 is 0 Å². The van der Waals surface area contributed by atoms with Gasteiger partial charge in [0, 0.05) is 18.1 Å². The maximum Gasteiger partial charge on any atom is 0.228 e. The van der Waals surface area contributed by atoms with Crippen molar-refractivity contribution in [3.05, 3.63) is 36.5 Å². The van der Waals surface area contributed by atoms with Crippen molar-refractivity contribution < 1.29 is 4.79 Å². The van der Waals surface area contributed by atoms with Crippen LogP contribution in [0.1, 0.15) is 6.42 Å². The highest BCUT2D eigenvalue weighted by Crippen LogP contribution is 2.22. The predicted molar refractivity (Wildman–Crippen MR) is 71.3 cm³/mol. The molecule has 0 bridgehead atoms. The number of nitrogens with zero attached hydrogens (tertiary/aromatic N) is 1. The summed E-state index contributed by atoms with van der Waals surface area (Å²) >= 11 is 0. The monoisotopic (exact) mass is 241 g/mol. The van der Waals surface area contributed by atoms with Crippen LogP contribution < -0.4 is 10.6 Å². The lowest BCUT2D eigenvalue weighted by molar-refractivity contribution is -0.119. The summed E-state index contributed by atoms with van der Waals surface area (Å²) in [6.45, 7) is 1.70. The smallest absolute Gasteiger partial charge is 0.228 e. The molecule has 2 heterocycles. The van der Waals surface area contributed by atoms with E-state index in [9.17, 15) is 4.79 Å². The van der Waals surface area contributed by atoms with E-state index in [1.54, 1.807) is 6.20 Å². The summed E-state index contributed by atoms with van der Waals surface area (Å²) in [5.74, 6) is 0.174. The Bertz CT molecular complexity index is 571. The molecule has 1 fully saturated rings. The summed E-state index contributed by atoms with van der Waals surface area (Å²) in [6, 6.07) is 9.64. The van der Waals surface area contributed by atoms with Gasteiger partial charge in [-0.05, 0) is 37.2 Å². The molecule has 2 aromatic rings. The Kier molecular flexibility index (Phi) is 2.94. The van der Waals surface area contributed by atoms with Crippen molar-refractivity contribution in [1.82, 2.24) is 10.3 Å². The number of fused-ring (bicyclic) bond motifs is 1. The summed E-state index contributed by atoms with van der Waals surface area (Å²) in [5.41, 5.74) is 1.75. The van der Waals surface area contributed by atoms with Gasteiger partial charge in [0.05, 0.1) is 17.1 Å².